The van der Waals surface area contributed by atoms with Crippen LogP contribution in [-0.4, -0.2) is 21.1 Å². The number of aryl methyl sites for hydroxylation is 1. The Kier molecular flexibility index (Phi) is 12.2. The lowest BCUT2D eigenvalue weighted by atomic mass is 10.0. The van der Waals surface area contributed by atoms with Crippen molar-refractivity contribution in [2.24, 2.45) is 5.10 Å². The second kappa shape index (κ2) is 14.7. The average molecular weight is 484 g/mol. The Hall–Kier alpha value is -1.21. The van der Waals surface area contributed by atoms with Crippen LogP contribution in [-0.2, 0) is 6.42 Å². The second-order valence-corrected chi connectivity index (χ2v) is 10.1. The van der Waals surface area contributed by atoms with Gasteiger partial charge in [-0.25, -0.2) is 9.89 Å². The number of nitrogens with zero attached hydrogens (tertiary/aromatic N) is 3. The summed E-state index contributed by atoms with van der Waals surface area (Å²) in [5, 5.41) is 11.0. The third kappa shape index (κ3) is 9.90. The number of aromatic amines is 1. The lowest BCUT2D eigenvalue weighted by Crippen LogP contribution is -2.14. The van der Waals surface area contributed by atoms with E-state index in [0.29, 0.717) is 5.82 Å². The van der Waals surface area contributed by atoms with Crippen LogP contribution in [0.5, 0.6) is 0 Å². The smallest absolute Gasteiger partial charge is 0.244 e. The molecular formula is C22H35BrN4OS. The van der Waals surface area contributed by atoms with Crippen LogP contribution >= 0.6 is 27.3 Å². The maximum absolute atomic E-state index is 11.9. The van der Waals surface area contributed by atoms with Crippen LogP contribution in [0, 0.1) is 0 Å². The fraction of sp³-hybridized carbons (Fsp3) is 0.682. The largest absolute Gasteiger partial charge is 0.364 e. The van der Waals surface area contributed by atoms with Crippen LogP contribution in [0.1, 0.15) is 101 Å². The maximum Gasteiger partial charge on any atom is 0.364 e. The minimum absolute atomic E-state index is 0.276. The van der Waals surface area contributed by atoms with E-state index >= 15 is 0 Å². The highest BCUT2D eigenvalue weighted by atomic mass is 79.9. The van der Waals surface area contributed by atoms with Gasteiger partial charge in [0, 0.05) is 11.3 Å². The molecule has 0 saturated heterocycles. The molecule has 0 radical (unpaired) electrons. The number of unbranched alkanes of at least 4 members (excludes halogenated alkanes) is 12. The van der Waals surface area contributed by atoms with Gasteiger partial charge in [-0.2, -0.15) is 14.9 Å². The first-order valence-corrected chi connectivity index (χ1v) is 12.8. The van der Waals surface area contributed by atoms with Gasteiger partial charge < -0.3 is 0 Å². The molecule has 29 heavy (non-hydrogen) atoms. The van der Waals surface area contributed by atoms with Gasteiger partial charge in [-0.3, -0.25) is 0 Å². The van der Waals surface area contributed by atoms with Crippen LogP contribution in [0.4, 0.5) is 0 Å². The molecule has 0 unspecified atom stereocenters. The Morgan fingerprint density at radius 3 is 2.14 bits per heavy atom. The zero-order valence-corrected chi connectivity index (χ0v) is 20.1. The van der Waals surface area contributed by atoms with Crippen LogP contribution in [0.2, 0.25) is 0 Å². The molecule has 2 rings (SSSR count). The van der Waals surface area contributed by atoms with E-state index in [1.807, 2.05) is 12.1 Å². The first kappa shape index (κ1) is 24.1. The SMILES string of the molecule is CCCCCCCCCCCCCCCc1n[nH]c(=O)n1N=Cc1ccc(Br)s1. The molecule has 2 aromatic heterocycles. The van der Waals surface area contributed by atoms with Gasteiger partial charge in [0.05, 0.1) is 10.0 Å². The van der Waals surface area contributed by atoms with Crippen molar-refractivity contribution in [3.63, 3.8) is 0 Å². The third-order valence-electron chi connectivity index (χ3n) is 5.12. The van der Waals surface area contributed by atoms with E-state index in [4.69, 9.17) is 0 Å². The van der Waals surface area contributed by atoms with Crippen molar-refractivity contribution in [2.75, 3.05) is 0 Å². The summed E-state index contributed by atoms with van der Waals surface area (Å²) in [5.74, 6) is 0.713. The molecule has 7 heteroatoms. The van der Waals surface area contributed by atoms with Crippen molar-refractivity contribution in [3.8, 4) is 0 Å². The Morgan fingerprint density at radius 1 is 1.00 bits per heavy atom. The summed E-state index contributed by atoms with van der Waals surface area (Å²) in [4.78, 5) is 12.9. The molecule has 0 atom stereocenters. The Bertz CT molecular complexity index is 765. The van der Waals surface area contributed by atoms with E-state index in [1.54, 1.807) is 17.6 Å². The Labute approximate surface area is 187 Å². The van der Waals surface area contributed by atoms with Crippen LogP contribution < -0.4 is 5.69 Å². The van der Waals surface area contributed by atoms with Crippen molar-refractivity contribution < 1.29 is 0 Å². The Morgan fingerprint density at radius 2 is 1.59 bits per heavy atom. The molecule has 1 N–H and O–H groups in total. The summed E-state index contributed by atoms with van der Waals surface area (Å²) in [6, 6.07) is 3.94. The van der Waals surface area contributed by atoms with Gasteiger partial charge in [-0.1, -0.05) is 84.0 Å². The molecule has 0 fully saturated rings. The summed E-state index contributed by atoms with van der Waals surface area (Å²) in [6.45, 7) is 2.27. The molecule has 0 aliphatic carbocycles. The number of thiophene rings is 1. The van der Waals surface area contributed by atoms with Crippen LogP contribution in [0.25, 0.3) is 0 Å². The summed E-state index contributed by atoms with van der Waals surface area (Å²) < 4.78 is 2.43. The van der Waals surface area contributed by atoms with E-state index in [1.165, 1.54) is 81.7 Å². The molecule has 0 spiro atoms. The standard InChI is InChI=1S/C22H35BrN4OS/c1-2-3-4-5-6-7-8-9-10-11-12-13-14-15-21-25-26-22(28)27(21)24-18-19-16-17-20(23)29-19/h16-18H,2-15H2,1H3,(H,26,28). The third-order valence-corrected chi connectivity index (χ3v) is 6.67. The van der Waals surface area contributed by atoms with Crippen molar-refractivity contribution in [1.29, 1.82) is 0 Å². The van der Waals surface area contributed by atoms with Gasteiger partial charge in [0.2, 0.25) is 0 Å². The lowest BCUT2D eigenvalue weighted by Gasteiger charge is -2.03. The molecule has 0 amide bonds. The molecule has 0 bridgehead atoms. The molecule has 0 aliphatic heterocycles. The van der Waals surface area contributed by atoms with E-state index < -0.39 is 0 Å². The lowest BCUT2D eigenvalue weighted by molar-refractivity contribution is 0.537. The summed E-state index contributed by atoms with van der Waals surface area (Å²) in [7, 11) is 0. The second-order valence-electron chi connectivity index (χ2n) is 7.64. The summed E-state index contributed by atoms with van der Waals surface area (Å²) in [6.07, 6.45) is 19.8. The molecule has 5 nitrogen and oxygen atoms in total. The number of hydrogen-bond acceptors (Lipinski definition) is 4. The molecule has 2 aromatic rings. The topological polar surface area (TPSA) is 63.0 Å². The van der Waals surface area contributed by atoms with Gasteiger partial charge in [0.15, 0.2) is 5.82 Å². The quantitative estimate of drug-likeness (QED) is 0.208. The first-order chi connectivity index (χ1) is 14.2. The number of rotatable bonds is 16. The fourth-order valence-corrected chi connectivity index (χ4v) is 4.71. The predicted octanol–water partition coefficient (Wildman–Crippen LogP) is 6.91. The van der Waals surface area contributed by atoms with Crippen LogP contribution in [0.15, 0.2) is 25.8 Å². The molecule has 162 valence electrons. The minimum Gasteiger partial charge on any atom is -0.244 e. The zero-order chi connectivity index (χ0) is 20.7. The summed E-state index contributed by atoms with van der Waals surface area (Å²) >= 11 is 5.01. The monoisotopic (exact) mass is 482 g/mol. The van der Waals surface area contributed by atoms with Gasteiger partial charge in [0.25, 0.3) is 0 Å². The van der Waals surface area contributed by atoms with Crippen molar-refractivity contribution in [3.05, 3.63) is 37.1 Å². The number of H-pyrrole nitrogens is 1. The van der Waals surface area contributed by atoms with Crippen molar-refractivity contribution in [1.82, 2.24) is 14.9 Å². The van der Waals surface area contributed by atoms with E-state index in [9.17, 15) is 4.79 Å². The number of halogens is 1. The normalized spacial score (nSPS) is 11.7. The van der Waals surface area contributed by atoms with E-state index in [0.717, 1.165) is 21.5 Å². The average Bonchev–Trinajstić information content (AvgIpc) is 3.29. The predicted molar refractivity (Wildman–Crippen MR) is 127 cm³/mol. The highest BCUT2D eigenvalue weighted by Crippen LogP contribution is 2.20. The molecule has 0 aromatic carbocycles. The summed E-state index contributed by atoms with van der Waals surface area (Å²) in [5.41, 5.74) is -0.276. The zero-order valence-electron chi connectivity index (χ0n) is 17.7. The molecule has 2 heterocycles. The first-order valence-electron chi connectivity index (χ1n) is 11.2. The number of hydrogen-bond donors (Lipinski definition) is 1. The van der Waals surface area contributed by atoms with Crippen molar-refractivity contribution >= 4 is 33.5 Å². The van der Waals surface area contributed by atoms with E-state index in [-0.39, 0.29) is 5.69 Å². The van der Waals surface area contributed by atoms with Gasteiger partial charge in [-0.05, 0) is 34.5 Å². The Balaban J connectivity index is 1.55. The minimum atomic E-state index is -0.276. The fourth-order valence-electron chi connectivity index (χ4n) is 3.42. The molecule has 0 saturated carbocycles. The van der Waals surface area contributed by atoms with E-state index in [2.05, 4.69) is 38.2 Å². The number of nitrogens with one attached hydrogen (secondary N) is 1. The van der Waals surface area contributed by atoms with Gasteiger partial charge >= 0.3 is 5.69 Å². The van der Waals surface area contributed by atoms with Gasteiger partial charge in [-0.15, -0.1) is 11.3 Å². The number of aromatic nitrogens is 3. The molecule has 0 aliphatic rings. The maximum atomic E-state index is 11.9. The highest BCUT2D eigenvalue weighted by Gasteiger charge is 2.07. The van der Waals surface area contributed by atoms with Crippen molar-refractivity contribution in [2.45, 2.75) is 96.8 Å². The highest BCUT2D eigenvalue weighted by molar-refractivity contribution is 9.11. The molecular weight excluding hydrogens is 448 g/mol. The van der Waals surface area contributed by atoms with Crippen LogP contribution in [0.3, 0.4) is 0 Å². The van der Waals surface area contributed by atoms with Gasteiger partial charge in [0.1, 0.15) is 0 Å².